The molecule has 2 aliphatic rings. The molecule has 5 unspecified atom stereocenters. The Morgan fingerprint density at radius 2 is 1.61 bits per heavy atom. The molecule has 0 saturated carbocycles. The van der Waals surface area contributed by atoms with Gasteiger partial charge in [0.25, 0.3) is 5.91 Å². The fourth-order valence-electron chi connectivity index (χ4n) is 3.32. The molecule has 0 bridgehead atoms. The molecule has 5 atom stereocenters. The van der Waals surface area contributed by atoms with E-state index in [1.165, 1.54) is 0 Å². The normalized spacial score (nSPS) is 29.0. The van der Waals surface area contributed by atoms with Crippen molar-refractivity contribution in [2.45, 2.75) is 36.6 Å². The molecule has 0 spiro atoms. The van der Waals surface area contributed by atoms with E-state index < -0.39 is 91.2 Å². The first-order valence-corrected chi connectivity index (χ1v) is 11.3. The Balaban J connectivity index is 2.46. The number of amides is 7. The fourth-order valence-corrected chi connectivity index (χ4v) is 3.32. The van der Waals surface area contributed by atoms with Crippen molar-refractivity contribution in [3.63, 3.8) is 0 Å². The van der Waals surface area contributed by atoms with Gasteiger partial charge in [-0.25, -0.2) is 4.79 Å². The summed E-state index contributed by atoms with van der Waals surface area (Å²) in [5, 5.41) is 35.1. The van der Waals surface area contributed by atoms with Crippen molar-refractivity contribution in [3.8, 4) is 0 Å². The van der Waals surface area contributed by atoms with Gasteiger partial charge >= 0.3 is 6.03 Å². The molecule has 0 aromatic rings. The van der Waals surface area contributed by atoms with E-state index in [4.69, 9.17) is 17.2 Å². The zero-order valence-electron chi connectivity index (χ0n) is 20.0. The molecule has 38 heavy (non-hydrogen) atoms. The first kappa shape index (κ1) is 29.7. The molecule has 1 fully saturated rings. The summed E-state index contributed by atoms with van der Waals surface area (Å²) in [5.74, 6) is -5.01. The van der Waals surface area contributed by atoms with Crippen LogP contribution < -0.4 is 54.4 Å². The van der Waals surface area contributed by atoms with Gasteiger partial charge in [-0.3, -0.25) is 29.0 Å². The van der Waals surface area contributed by atoms with Crippen molar-refractivity contribution in [1.29, 1.82) is 0 Å². The molecule has 0 radical (unpaired) electrons. The van der Waals surface area contributed by atoms with Crippen LogP contribution in [0.2, 0.25) is 0 Å². The summed E-state index contributed by atoms with van der Waals surface area (Å²) in [6.45, 7) is -2.08. The Bertz CT molecular complexity index is 1020. The van der Waals surface area contributed by atoms with Crippen molar-refractivity contribution in [2.75, 3.05) is 26.3 Å². The maximum absolute atomic E-state index is 13.1. The Labute approximate surface area is 215 Å². The summed E-state index contributed by atoms with van der Waals surface area (Å²) in [5.41, 5.74) is 15.9. The first-order valence-electron chi connectivity index (χ1n) is 11.3. The molecule has 1 saturated heterocycles. The third-order valence-corrected chi connectivity index (χ3v) is 5.35. The zero-order chi connectivity index (χ0) is 28.4. The monoisotopic (exact) mass is 541 g/mol. The molecule has 2 heterocycles. The van der Waals surface area contributed by atoms with E-state index in [0.29, 0.717) is 0 Å². The molecule has 2 rings (SSSR count). The van der Waals surface area contributed by atoms with Gasteiger partial charge in [-0.05, 0) is 6.42 Å². The van der Waals surface area contributed by atoms with Crippen LogP contribution in [0.4, 0.5) is 4.79 Å². The minimum absolute atomic E-state index is 0.00237. The average Bonchev–Trinajstić information content (AvgIpc) is 2.88. The van der Waals surface area contributed by atoms with Gasteiger partial charge in [-0.1, -0.05) is 0 Å². The number of guanidine groups is 1. The maximum atomic E-state index is 13.1. The van der Waals surface area contributed by atoms with Crippen molar-refractivity contribution in [1.82, 2.24) is 37.2 Å². The summed E-state index contributed by atoms with van der Waals surface area (Å²) in [7, 11) is 0. The van der Waals surface area contributed by atoms with E-state index in [1.807, 2.05) is 5.32 Å². The Morgan fingerprint density at radius 3 is 2.21 bits per heavy atom. The minimum atomic E-state index is -1.67. The summed E-state index contributed by atoms with van der Waals surface area (Å²) in [6, 6.07) is -7.87. The molecule has 210 valence electrons. The van der Waals surface area contributed by atoms with Gasteiger partial charge in [0.2, 0.25) is 23.6 Å². The Morgan fingerprint density at radius 1 is 0.974 bits per heavy atom. The second-order valence-electron chi connectivity index (χ2n) is 8.15. The van der Waals surface area contributed by atoms with Crippen LogP contribution in [0.3, 0.4) is 0 Å². The number of hydrogen-bond acceptors (Lipinski definition) is 12. The van der Waals surface area contributed by atoms with Gasteiger partial charge in [0.15, 0.2) is 5.96 Å². The summed E-state index contributed by atoms with van der Waals surface area (Å²) >= 11 is 0. The molecule has 19 nitrogen and oxygen atoms in total. The number of nitrogens with zero attached hydrogens (tertiary/aromatic N) is 1. The number of nitrogens with one attached hydrogen (secondary N) is 7. The smallest absolute Gasteiger partial charge is 0.316 e. The van der Waals surface area contributed by atoms with Crippen molar-refractivity contribution in [3.05, 3.63) is 11.9 Å². The van der Waals surface area contributed by atoms with Crippen LogP contribution in [0.5, 0.6) is 0 Å². The van der Waals surface area contributed by atoms with Crippen LogP contribution in [-0.4, -0.2) is 108 Å². The van der Waals surface area contributed by atoms with Crippen LogP contribution in [0.25, 0.3) is 0 Å². The third-order valence-electron chi connectivity index (χ3n) is 5.35. The molecule has 0 aliphatic carbocycles. The van der Waals surface area contributed by atoms with Crippen LogP contribution in [0.1, 0.15) is 6.42 Å². The van der Waals surface area contributed by atoms with Gasteiger partial charge < -0.3 is 64.6 Å². The topological polar surface area (TPSA) is 318 Å². The summed E-state index contributed by atoms with van der Waals surface area (Å²) in [4.78, 5) is 78.9. The largest absolute Gasteiger partial charge is 0.394 e. The number of carbonyl (C=O) groups excluding carboxylic acids is 6. The molecule has 0 aromatic heterocycles. The zero-order valence-corrected chi connectivity index (χ0v) is 20.0. The minimum Gasteiger partial charge on any atom is -0.394 e. The van der Waals surface area contributed by atoms with E-state index in [-0.39, 0.29) is 18.9 Å². The van der Waals surface area contributed by atoms with E-state index in [9.17, 15) is 39.0 Å². The lowest BCUT2D eigenvalue weighted by Crippen LogP contribution is -2.63. The lowest BCUT2D eigenvalue weighted by atomic mass is 10.0. The van der Waals surface area contributed by atoms with Gasteiger partial charge in [0.1, 0.15) is 29.9 Å². The average molecular weight is 542 g/mol. The quantitative estimate of drug-likeness (QED) is 0.148. The van der Waals surface area contributed by atoms with Crippen LogP contribution in [0.15, 0.2) is 16.9 Å². The molecular formula is C19H31N11O8. The lowest BCUT2D eigenvalue weighted by molar-refractivity contribution is -0.134. The first-order chi connectivity index (χ1) is 18.0. The van der Waals surface area contributed by atoms with Gasteiger partial charge in [-0.2, -0.15) is 0 Å². The second-order valence-corrected chi connectivity index (χ2v) is 8.15. The summed E-state index contributed by atoms with van der Waals surface area (Å²) < 4.78 is 0. The predicted molar refractivity (Wildman–Crippen MR) is 128 cm³/mol. The molecule has 15 N–H and O–H groups in total. The van der Waals surface area contributed by atoms with Crippen LogP contribution in [0, 0.1) is 0 Å². The third kappa shape index (κ3) is 8.28. The van der Waals surface area contributed by atoms with Gasteiger partial charge in [0.05, 0.1) is 19.3 Å². The van der Waals surface area contributed by atoms with E-state index >= 15 is 0 Å². The molecule has 2 aliphatic heterocycles. The van der Waals surface area contributed by atoms with Crippen molar-refractivity contribution >= 4 is 41.5 Å². The van der Waals surface area contributed by atoms with Crippen molar-refractivity contribution in [2.24, 2.45) is 22.2 Å². The fraction of sp³-hybridized carbons (Fsp3) is 0.526. The summed E-state index contributed by atoms with van der Waals surface area (Å²) in [6.07, 6.45) is 0.980. The van der Waals surface area contributed by atoms with E-state index in [1.54, 1.807) is 0 Å². The Kier molecular flexibility index (Phi) is 10.7. The Hall–Kier alpha value is -4.49. The van der Waals surface area contributed by atoms with Crippen molar-refractivity contribution < 1.29 is 39.0 Å². The van der Waals surface area contributed by atoms with Gasteiger partial charge in [0, 0.05) is 19.3 Å². The highest BCUT2D eigenvalue weighted by Crippen LogP contribution is 2.07. The highest BCUT2D eigenvalue weighted by atomic mass is 16.3. The van der Waals surface area contributed by atoms with Gasteiger partial charge in [-0.15, -0.1) is 0 Å². The number of carbonyl (C=O) groups is 6. The van der Waals surface area contributed by atoms with E-state index in [0.717, 1.165) is 6.20 Å². The number of nitrogens with two attached hydrogens (primary N) is 3. The number of rotatable bonds is 4. The number of primary amides is 1. The molecular weight excluding hydrogens is 510 g/mol. The molecule has 0 aromatic carbocycles. The second kappa shape index (κ2) is 13.7. The predicted octanol–water partition coefficient (Wildman–Crippen LogP) is -7.82. The standard InChI is InChI=1S/C19H31N11O8/c20-7-3-24-17(37)12(8-1-2-23-18(21)29-8)30-14(34)9(4-25-19(22)38)26-15(35)11(6-32)28-16(36)10(5-31)27-13(7)33/h4,7-8,10-12,31-32H,1-3,5-6,20H2,(H,24,37)(H,26,35)(H,27,33)(H,28,36)(H,30,34)(H3,21,23,29)(H3,22,25,38). The van der Waals surface area contributed by atoms with Crippen LogP contribution >= 0.6 is 0 Å². The highest BCUT2D eigenvalue weighted by Gasteiger charge is 2.35. The number of aliphatic hydroxyl groups excluding tert-OH is 2. The number of aliphatic hydroxyl groups is 2. The number of aliphatic imine (C=N–C) groups is 1. The van der Waals surface area contributed by atoms with Crippen LogP contribution in [-0.2, 0) is 24.0 Å². The number of urea groups is 1. The number of hydrogen-bond donors (Lipinski definition) is 12. The maximum Gasteiger partial charge on any atom is 0.316 e. The van der Waals surface area contributed by atoms with E-state index in [2.05, 4.69) is 36.9 Å². The molecule has 7 amide bonds. The molecule has 19 heteroatoms. The lowest BCUT2D eigenvalue weighted by Gasteiger charge is -2.31. The SMILES string of the molecule is NC(=O)NC=C1NC(=O)C(CO)NC(=O)C(CO)NC(=O)C(N)CNC(=O)C(C2CCN=C(N)N2)NC1=O. The highest BCUT2D eigenvalue weighted by molar-refractivity contribution is 6.02.